The summed E-state index contributed by atoms with van der Waals surface area (Å²) in [6.45, 7) is 2.85. The Morgan fingerprint density at radius 1 is 1.24 bits per heavy atom. The van der Waals surface area contributed by atoms with Gasteiger partial charge in [-0.2, -0.15) is 18.3 Å². The Balaban J connectivity index is 2.13. The van der Waals surface area contributed by atoms with Crippen LogP contribution in [-0.4, -0.2) is 26.8 Å². The van der Waals surface area contributed by atoms with Crippen LogP contribution in [0.3, 0.4) is 0 Å². The van der Waals surface area contributed by atoms with Gasteiger partial charge in [-0.1, -0.05) is 18.2 Å². The van der Waals surface area contributed by atoms with Crippen molar-refractivity contribution in [2.75, 3.05) is 5.32 Å². The number of benzene rings is 1. The van der Waals surface area contributed by atoms with E-state index in [1.807, 2.05) is 0 Å². The lowest BCUT2D eigenvalue weighted by Gasteiger charge is -2.19. The third-order valence-electron chi connectivity index (χ3n) is 3.64. The molecule has 25 heavy (non-hydrogen) atoms. The number of anilines is 1. The molecule has 1 heterocycles. The maximum atomic E-state index is 12.9. The van der Waals surface area contributed by atoms with E-state index in [0.29, 0.717) is 0 Å². The van der Waals surface area contributed by atoms with Crippen molar-refractivity contribution in [1.29, 1.82) is 0 Å². The van der Waals surface area contributed by atoms with E-state index in [1.54, 1.807) is 0 Å². The van der Waals surface area contributed by atoms with E-state index < -0.39 is 35.6 Å². The van der Waals surface area contributed by atoms with Gasteiger partial charge in [-0.05, 0) is 25.5 Å². The molecule has 0 saturated heterocycles. The first-order chi connectivity index (χ1) is 11.5. The topological polar surface area (TPSA) is 84.2 Å². The highest BCUT2D eigenvalue weighted by Crippen LogP contribution is 2.32. The van der Waals surface area contributed by atoms with Crippen LogP contribution >= 0.6 is 0 Å². The quantitative estimate of drug-likeness (QED) is 0.864. The number of carboxylic acids is 1. The van der Waals surface area contributed by atoms with E-state index >= 15 is 0 Å². The zero-order chi connectivity index (χ0) is 18.8. The number of halogens is 3. The van der Waals surface area contributed by atoms with E-state index in [1.165, 1.54) is 44.4 Å². The summed E-state index contributed by atoms with van der Waals surface area (Å²) < 4.78 is 40.0. The molecule has 0 spiro atoms. The highest BCUT2D eigenvalue weighted by Gasteiger charge is 2.33. The fourth-order valence-corrected chi connectivity index (χ4v) is 2.12. The standard InChI is InChI=1S/C16H16F3N3O3/c1-15(2,14(24)25)22-9-11(8-20-22)21-13(23)7-10-5-3-4-6-12(10)16(17,18)19/h3-6,8-9H,7H2,1-2H3,(H,21,23)(H,24,25). The number of rotatable bonds is 5. The number of nitrogens with one attached hydrogen (secondary N) is 1. The number of aromatic nitrogens is 2. The smallest absolute Gasteiger partial charge is 0.416 e. The first-order valence-electron chi connectivity index (χ1n) is 7.25. The van der Waals surface area contributed by atoms with Gasteiger partial charge in [0.15, 0.2) is 5.54 Å². The molecule has 0 radical (unpaired) electrons. The van der Waals surface area contributed by atoms with Gasteiger partial charge in [0.25, 0.3) is 0 Å². The van der Waals surface area contributed by atoms with Gasteiger partial charge in [-0.3, -0.25) is 9.48 Å². The summed E-state index contributed by atoms with van der Waals surface area (Å²) in [5, 5.41) is 15.4. The largest absolute Gasteiger partial charge is 0.479 e. The molecule has 0 atom stereocenters. The molecule has 0 aliphatic carbocycles. The molecule has 0 saturated carbocycles. The fraction of sp³-hybridized carbons (Fsp3) is 0.312. The minimum Gasteiger partial charge on any atom is -0.479 e. The third-order valence-corrected chi connectivity index (χ3v) is 3.64. The van der Waals surface area contributed by atoms with E-state index in [4.69, 9.17) is 5.11 Å². The van der Waals surface area contributed by atoms with Gasteiger partial charge in [0.1, 0.15) is 0 Å². The van der Waals surface area contributed by atoms with Gasteiger partial charge in [0.2, 0.25) is 5.91 Å². The molecule has 1 aromatic heterocycles. The Hall–Kier alpha value is -2.84. The van der Waals surface area contributed by atoms with Gasteiger partial charge in [-0.25, -0.2) is 4.79 Å². The number of carboxylic acid groups (broad SMARTS) is 1. The predicted octanol–water partition coefficient (Wildman–Crippen LogP) is 2.90. The number of alkyl halides is 3. The van der Waals surface area contributed by atoms with Crippen LogP contribution in [0.4, 0.5) is 18.9 Å². The maximum Gasteiger partial charge on any atom is 0.416 e. The number of amides is 1. The van der Waals surface area contributed by atoms with E-state index in [-0.39, 0.29) is 11.3 Å². The molecule has 0 fully saturated rings. The molecule has 6 nitrogen and oxygen atoms in total. The molecule has 134 valence electrons. The highest BCUT2D eigenvalue weighted by atomic mass is 19.4. The zero-order valence-electron chi connectivity index (χ0n) is 13.5. The Morgan fingerprint density at radius 2 is 1.88 bits per heavy atom. The first kappa shape index (κ1) is 18.5. The van der Waals surface area contributed by atoms with Gasteiger partial charge >= 0.3 is 12.1 Å². The lowest BCUT2D eigenvalue weighted by molar-refractivity contribution is -0.146. The van der Waals surface area contributed by atoms with Crippen molar-refractivity contribution in [2.24, 2.45) is 0 Å². The number of hydrogen-bond donors (Lipinski definition) is 2. The zero-order valence-corrected chi connectivity index (χ0v) is 13.5. The molecule has 9 heteroatoms. The summed E-state index contributed by atoms with van der Waals surface area (Å²) in [7, 11) is 0. The molecule has 1 aromatic carbocycles. The molecule has 0 aliphatic heterocycles. The molecule has 2 N–H and O–H groups in total. The van der Waals surface area contributed by atoms with E-state index in [9.17, 15) is 22.8 Å². The Labute approximate surface area is 141 Å². The predicted molar refractivity (Wildman–Crippen MR) is 83.0 cm³/mol. The summed E-state index contributed by atoms with van der Waals surface area (Å²) in [5.74, 6) is -1.78. The average molecular weight is 355 g/mol. The average Bonchev–Trinajstić information content (AvgIpc) is 2.95. The number of carbonyl (C=O) groups excluding carboxylic acids is 1. The summed E-state index contributed by atoms with van der Waals surface area (Å²) in [5.41, 5.74) is -2.14. The molecular weight excluding hydrogens is 339 g/mol. The van der Waals surface area contributed by atoms with Crippen LogP contribution in [0.15, 0.2) is 36.7 Å². The lowest BCUT2D eigenvalue weighted by Crippen LogP contribution is -2.35. The highest BCUT2D eigenvalue weighted by molar-refractivity contribution is 5.92. The van der Waals surface area contributed by atoms with Crippen molar-refractivity contribution in [3.63, 3.8) is 0 Å². The summed E-state index contributed by atoms with van der Waals surface area (Å²) in [6.07, 6.45) is -2.48. The number of hydrogen-bond acceptors (Lipinski definition) is 3. The monoisotopic (exact) mass is 355 g/mol. The Kier molecular flexibility index (Phi) is 4.87. The summed E-state index contributed by atoms with van der Waals surface area (Å²) in [6, 6.07) is 4.82. The van der Waals surface area contributed by atoms with Crippen molar-refractivity contribution < 1.29 is 27.9 Å². The van der Waals surface area contributed by atoms with Crippen molar-refractivity contribution in [2.45, 2.75) is 32.0 Å². The van der Waals surface area contributed by atoms with Crippen LogP contribution in [0, 0.1) is 0 Å². The van der Waals surface area contributed by atoms with Gasteiger partial charge < -0.3 is 10.4 Å². The normalized spacial score (nSPS) is 12.0. The molecule has 0 unspecified atom stereocenters. The Bertz CT molecular complexity index is 797. The number of carbonyl (C=O) groups is 2. The van der Waals surface area contributed by atoms with Gasteiger partial charge in [0, 0.05) is 6.20 Å². The molecule has 1 amide bonds. The fourth-order valence-electron chi connectivity index (χ4n) is 2.12. The maximum absolute atomic E-state index is 12.9. The SMILES string of the molecule is CC(C)(C(=O)O)n1cc(NC(=O)Cc2ccccc2C(F)(F)F)cn1. The first-order valence-corrected chi connectivity index (χ1v) is 7.25. The van der Waals surface area contributed by atoms with E-state index in [0.717, 1.165) is 10.7 Å². The second kappa shape index (κ2) is 6.58. The summed E-state index contributed by atoms with van der Waals surface area (Å²) >= 11 is 0. The van der Waals surface area contributed by atoms with Crippen LogP contribution in [0.1, 0.15) is 25.0 Å². The third kappa shape index (κ3) is 4.17. The minimum absolute atomic E-state index is 0.147. The molecule has 0 bridgehead atoms. The molecule has 2 rings (SSSR count). The van der Waals surface area contributed by atoms with Crippen molar-refractivity contribution in [1.82, 2.24) is 9.78 Å². The molecular formula is C16H16F3N3O3. The second-order valence-electron chi connectivity index (χ2n) is 5.92. The van der Waals surface area contributed by atoms with Crippen molar-refractivity contribution >= 4 is 17.6 Å². The van der Waals surface area contributed by atoms with Crippen molar-refractivity contribution in [3.8, 4) is 0 Å². The number of nitrogens with zero attached hydrogens (tertiary/aromatic N) is 2. The molecule has 2 aromatic rings. The van der Waals surface area contributed by atoms with Crippen LogP contribution in [0.2, 0.25) is 0 Å². The minimum atomic E-state index is -4.55. The van der Waals surface area contributed by atoms with Crippen LogP contribution in [0.5, 0.6) is 0 Å². The second-order valence-corrected chi connectivity index (χ2v) is 5.92. The van der Waals surface area contributed by atoms with Crippen LogP contribution < -0.4 is 5.32 Å². The van der Waals surface area contributed by atoms with Crippen LogP contribution in [0.25, 0.3) is 0 Å². The van der Waals surface area contributed by atoms with Crippen LogP contribution in [-0.2, 0) is 27.7 Å². The van der Waals surface area contributed by atoms with Gasteiger partial charge in [0.05, 0.1) is 23.9 Å². The van der Waals surface area contributed by atoms with Gasteiger partial charge in [-0.15, -0.1) is 0 Å². The lowest BCUT2D eigenvalue weighted by atomic mass is 10.0. The van der Waals surface area contributed by atoms with E-state index in [2.05, 4.69) is 10.4 Å². The van der Waals surface area contributed by atoms with Crippen molar-refractivity contribution in [3.05, 3.63) is 47.8 Å². The Morgan fingerprint density at radius 3 is 2.48 bits per heavy atom. The summed E-state index contributed by atoms with van der Waals surface area (Å²) in [4.78, 5) is 23.2. The molecule has 0 aliphatic rings. The number of aliphatic carboxylic acids is 1.